The maximum absolute atomic E-state index is 13.0. The minimum Gasteiger partial charge on any atom is -0.328 e. The molecular formula is C17H28ClFN2O. The van der Waals surface area contributed by atoms with Gasteiger partial charge >= 0.3 is 0 Å². The quantitative estimate of drug-likeness (QED) is 0.822. The zero-order valence-corrected chi connectivity index (χ0v) is 14.5. The molecule has 0 aliphatic heterocycles. The van der Waals surface area contributed by atoms with Crippen molar-refractivity contribution >= 4 is 17.9 Å². The van der Waals surface area contributed by atoms with E-state index in [4.69, 9.17) is 17.3 Å². The fourth-order valence-electron chi connectivity index (χ4n) is 2.34. The van der Waals surface area contributed by atoms with E-state index in [2.05, 4.69) is 5.32 Å². The van der Waals surface area contributed by atoms with E-state index in [0.29, 0.717) is 30.5 Å². The Morgan fingerprint density at radius 1 is 1.41 bits per heavy atom. The standard InChI is InChI=1S/C8H9ClFN.C7H13NO.C2H6/c1-11-5-6-3-2-4-7(9)8(6)10;8-7-2-1-6(5-7)3-4-9;1-2/h2-4,11H,5H2,1H3;4,6-7H,1-3,5,8H2;1-2H3. The van der Waals surface area contributed by atoms with Crippen molar-refractivity contribution in [3.63, 3.8) is 0 Å². The van der Waals surface area contributed by atoms with Crippen LogP contribution in [0.1, 0.15) is 45.1 Å². The summed E-state index contributed by atoms with van der Waals surface area (Å²) in [6, 6.07) is 5.35. The number of hydrogen-bond acceptors (Lipinski definition) is 3. The lowest BCUT2D eigenvalue weighted by Crippen LogP contribution is -2.14. The smallest absolute Gasteiger partial charge is 0.146 e. The Morgan fingerprint density at radius 3 is 2.59 bits per heavy atom. The summed E-state index contributed by atoms with van der Waals surface area (Å²) in [7, 11) is 1.76. The van der Waals surface area contributed by atoms with Crippen molar-refractivity contribution in [3.8, 4) is 0 Å². The van der Waals surface area contributed by atoms with E-state index in [1.807, 2.05) is 13.8 Å². The minimum absolute atomic E-state index is 0.178. The van der Waals surface area contributed by atoms with E-state index >= 15 is 0 Å². The summed E-state index contributed by atoms with van der Waals surface area (Å²) < 4.78 is 13.0. The fraction of sp³-hybridized carbons (Fsp3) is 0.588. The molecule has 0 amide bonds. The predicted octanol–water partition coefficient (Wildman–Crippen LogP) is 3.93. The maximum atomic E-state index is 13.0. The Bertz CT molecular complexity index is 429. The Kier molecular flexibility index (Phi) is 12.0. The SMILES string of the molecule is CC.CNCc1cccc(Cl)c1F.NC1CCC(CC=O)C1. The van der Waals surface area contributed by atoms with Crippen LogP contribution < -0.4 is 11.1 Å². The summed E-state index contributed by atoms with van der Waals surface area (Å²) in [5.41, 5.74) is 6.24. The van der Waals surface area contributed by atoms with Crippen LogP contribution in [0, 0.1) is 11.7 Å². The van der Waals surface area contributed by atoms with Crippen LogP contribution in [0.25, 0.3) is 0 Å². The van der Waals surface area contributed by atoms with Gasteiger partial charge in [-0.3, -0.25) is 0 Å². The molecule has 126 valence electrons. The van der Waals surface area contributed by atoms with E-state index in [1.165, 1.54) is 6.07 Å². The lowest BCUT2D eigenvalue weighted by molar-refractivity contribution is -0.108. The van der Waals surface area contributed by atoms with Gasteiger partial charge in [0, 0.05) is 24.6 Å². The van der Waals surface area contributed by atoms with Gasteiger partial charge in [0.15, 0.2) is 0 Å². The number of nitrogens with two attached hydrogens (primary N) is 1. The Morgan fingerprint density at radius 2 is 2.09 bits per heavy atom. The highest BCUT2D eigenvalue weighted by molar-refractivity contribution is 6.30. The first kappa shape index (κ1) is 21.0. The van der Waals surface area contributed by atoms with Crippen LogP contribution in [-0.2, 0) is 11.3 Å². The molecule has 0 aromatic heterocycles. The van der Waals surface area contributed by atoms with Gasteiger partial charge in [0.05, 0.1) is 5.02 Å². The van der Waals surface area contributed by atoms with Gasteiger partial charge < -0.3 is 15.8 Å². The summed E-state index contributed by atoms with van der Waals surface area (Å²) in [4.78, 5) is 10.0. The highest BCUT2D eigenvalue weighted by atomic mass is 35.5. The molecule has 3 nitrogen and oxygen atoms in total. The molecule has 3 N–H and O–H groups in total. The molecule has 1 saturated carbocycles. The zero-order chi connectivity index (χ0) is 17.0. The van der Waals surface area contributed by atoms with E-state index in [9.17, 15) is 9.18 Å². The number of halogens is 2. The van der Waals surface area contributed by atoms with Gasteiger partial charge in [-0.15, -0.1) is 0 Å². The lowest BCUT2D eigenvalue weighted by Gasteiger charge is -2.01. The van der Waals surface area contributed by atoms with Crippen molar-refractivity contribution in [1.29, 1.82) is 0 Å². The molecule has 1 aliphatic rings. The third-order valence-corrected chi connectivity index (χ3v) is 3.70. The van der Waals surface area contributed by atoms with Crippen molar-refractivity contribution in [3.05, 3.63) is 34.6 Å². The molecule has 1 aromatic carbocycles. The third-order valence-electron chi connectivity index (χ3n) is 3.41. The van der Waals surface area contributed by atoms with Crippen LogP contribution in [0.4, 0.5) is 4.39 Å². The van der Waals surface area contributed by atoms with Crippen LogP contribution in [-0.4, -0.2) is 19.4 Å². The van der Waals surface area contributed by atoms with Gasteiger partial charge in [0.1, 0.15) is 12.1 Å². The first-order chi connectivity index (χ1) is 10.6. The molecule has 1 aliphatic carbocycles. The molecule has 0 heterocycles. The number of carbonyl (C=O) groups excluding carboxylic acids is 1. The van der Waals surface area contributed by atoms with Crippen LogP contribution >= 0.6 is 11.6 Å². The van der Waals surface area contributed by atoms with Crippen molar-refractivity contribution in [2.24, 2.45) is 11.7 Å². The highest BCUT2D eigenvalue weighted by Crippen LogP contribution is 2.25. The van der Waals surface area contributed by atoms with Gasteiger partial charge in [-0.05, 0) is 38.3 Å². The van der Waals surface area contributed by atoms with E-state index in [0.717, 1.165) is 25.5 Å². The highest BCUT2D eigenvalue weighted by Gasteiger charge is 2.20. The number of rotatable bonds is 4. The normalized spacial score (nSPS) is 19.5. The summed E-state index contributed by atoms with van der Waals surface area (Å²) in [5, 5.41) is 3.03. The molecule has 1 fully saturated rings. The second-order valence-corrected chi connectivity index (χ2v) is 5.49. The van der Waals surface area contributed by atoms with Crippen molar-refractivity contribution in [1.82, 2.24) is 5.32 Å². The molecule has 0 spiro atoms. The van der Waals surface area contributed by atoms with Gasteiger partial charge in [0.25, 0.3) is 0 Å². The molecule has 2 unspecified atom stereocenters. The number of nitrogens with one attached hydrogen (secondary N) is 1. The van der Waals surface area contributed by atoms with E-state index < -0.39 is 0 Å². The van der Waals surface area contributed by atoms with Gasteiger partial charge in [-0.25, -0.2) is 4.39 Å². The lowest BCUT2D eigenvalue weighted by atomic mass is 10.1. The number of carbonyl (C=O) groups is 1. The number of hydrogen-bond donors (Lipinski definition) is 2. The van der Waals surface area contributed by atoms with Gasteiger partial charge in [-0.2, -0.15) is 0 Å². The Hall–Kier alpha value is -0.970. The minimum atomic E-state index is -0.330. The third kappa shape index (κ3) is 7.87. The molecule has 2 atom stereocenters. The summed E-state index contributed by atoms with van der Waals surface area (Å²) in [6.45, 7) is 4.51. The van der Waals surface area contributed by atoms with E-state index in [-0.39, 0.29) is 10.8 Å². The van der Waals surface area contributed by atoms with Crippen molar-refractivity contribution < 1.29 is 9.18 Å². The van der Waals surface area contributed by atoms with Gasteiger partial charge in [-0.1, -0.05) is 37.6 Å². The fourth-order valence-corrected chi connectivity index (χ4v) is 2.53. The number of aldehydes is 1. The Balaban J connectivity index is 0.000000366. The molecule has 0 radical (unpaired) electrons. The van der Waals surface area contributed by atoms with Crippen LogP contribution in [0.15, 0.2) is 18.2 Å². The molecule has 22 heavy (non-hydrogen) atoms. The van der Waals surface area contributed by atoms with Crippen molar-refractivity contribution in [2.75, 3.05) is 7.05 Å². The first-order valence-electron chi connectivity index (χ1n) is 7.85. The maximum Gasteiger partial charge on any atom is 0.146 e. The largest absolute Gasteiger partial charge is 0.328 e. The van der Waals surface area contributed by atoms with Gasteiger partial charge in [0.2, 0.25) is 0 Å². The average molecular weight is 331 g/mol. The average Bonchev–Trinajstić information content (AvgIpc) is 2.93. The molecule has 0 saturated heterocycles. The second-order valence-electron chi connectivity index (χ2n) is 5.08. The summed E-state index contributed by atoms with van der Waals surface area (Å²) in [5.74, 6) is 0.265. The van der Waals surface area contributed by atoms with E-state index in [1.54, 1.807) is 19.2 Å². The summed E-state index contributed by atoms with van der Waals surface area (Å²) >= 11 is 5.55. The Labute approximate surface area is 138 Å². The molecular weight excluding hydrogens is 303 g/mol. The molecule has 5 heteroatoms. The number of benzene rings is 1. The van der Waals surface area contributed by atoms with Crippen LogP contribution in [0.3, 0.4) is 0 Å². The second kappa shape index (κ2) is 12.6. The van der Waals surface area contributed by atoms with Crippen LogP contribution in [0.5, 0.6) is 0 Å². The first-order valence-corrected chi connectivity index (χ1v) is 8.23. The monoisotopic (exact) mass is 330 g/mol. The van der Waals surface area contributed by atoms with Crippen LogP contribution in [0.2, 0.25) is 5.02 Å². The molecule has 0 bridgehead atoms. The summed E-state index contributed by atoms with van der Waals surface area (Å²) in [6.07, 6.45) is 5.04. The van der Waals surface area contributed by atoms with Crippen molar-refractivity contribution in [2.45, 2.75) is 52.1 Å². The molecule has 1 aromatic rings. The predicted molar refractivity (Wildman–Crippen MR) is 91.5 cm³/mol. The topological polar surface area (TPSA) is 55.1 Å². The zero-order valence-electron chi connectivity index (χ0n) is 13.7. The molecule has 2 rings (SSSR count).